The van der Waals surface area contributed by atoms with Crippen LogP contribution < -0.4 is 10.6 Å². The lowest BCUT2D eigenvalue weighted by Gasteiger charge is -2.27. The molecular formula is C22H34IN5OS. The number of furan rings is 1. The van der Waals surface area contributed by atoms with E-state index in [1.54, 1.807) is 11.1 Å². The van der Waals surface area contributed by atoms with Gasteiger partial charge in [0.05, 0.1) is 18.8 Å². The molecule has 30 heavy (non-hydrogen) atoms. The SMILES string of the molecule is CCNC(=NCC(c1ccco1)N1CCCC1)NCCN1CCc2sccc2C1.I. The Hall–Kier alpha value is -1.10. The minimum atomic E-state index is 0. The predicted molar refractivity (Wildman–Crippen MR) is 135 cm³/mol. The zero-order valence-electron chi connectivity index (χ0n) is 17.8. The molecule has 0 spiro atoms. The van der Waals surface area contributed by atoms with Crippen LogP contribution in [0.3, 0.4) is 0 Å². The summed E-state index contributed by atoms with van der Waals surface area (Å²) in [5.41, 5.74) is 1.51. The fraction of sp³-hybridized carbons (Fsp3) is 0.591. The van der Waals surface area contributed by atoms with Crippen LogP contribution >= 0.6 is 35.3 Å². The Kier molecular flexibility index (Phi) is 9.48. The first-order valence-corrected chi connectivity index (χ1v) is 11.8. The summed E-state index contributed by atoms with van der Waals surface area (Å²) in [7, 11) is 0. The van der Waals surface area contributed by atoms with Crippen LogP contribution in [-0.2, 0) is 13.0 Å². The lowest BCUT2D eigenvalue weighted by molar-refractivity contribution is 0.221. The number of fused-ring (bicyclic) bond motifs is 1. The summed E-state index contributed by atoms with van der Waals surface area (Å²) in [4.78, 5) is 11.5. The van der Waals surface area contributed by atoms with Crippen LogP contribution in [-0.4, -0.2) is 61.6 Å². The van der Waals surface area contributed by atoms with Crippen molar-refractivity contribution in [3.05, 3.63) is 46.0 Å². The molecule has 1 fully saturated rings. The summed E-state index contributed by atoms with van der Waals surface area (Å²) >= 11 is 1.90. The van der Waals surface area contributed by atoms with Gasteiger partial charge < -0.3 is 15.1 Å². The molecular weight excluding hydrogens is 509 g/mol. The Labute approximate surface area is 201 Å². The van der Waals surface area contributed by atoms with Crippen LogP contribution in [0.5, 0.6) is 0 Å². The fourth-order valence-electron chi connectivity index (χ4n) is 4.27. The van der Waals surface area contributed by atoms with Crippen LogP contribution in [0.4, 0.5) is 0 Å². The van der Waals surface area contributed by atoms with Gasteiger partial charge in [-0.05, 0) is 68.4 Å². The summed E-state index contributed by atoms with van der Waals surface area (Å²) in [5.74, 6) is 1.92. The minimum absolute atomic E-state index is 0. The van der Waals surface area contributed by atoms with Crippen molar-refractivity contribution in [1.29, 1.82) is 0 Å². The van der Waals surface area contributed by atoms with Gasteiger partial charge >= 0.3 is 0 Å². The van der Waals surface area contributed by atoms with Crippen molar-refractivity contribution in [2.75, 3.05) is 45.8 Å². The third-order valence-electron chi connectivity index (χ3n) is 5.83. The van der Waals surface area contributed by atoms with E-state index in [9.17, 15) is 0 Å². The van der Waals surface area contributed by atoms with Gasteiger partial charge in [-0.1, -0.05) is 0 Å². The lowest BCUT2D eigenvalue weighted by Crippen LogP contribution is -2.43. The molecule has 2 aliphatic heterocycles. The van der Waals surface area contributed by atoms with Crippen LogP contribution in [0.25, 0.3) is 0 Å². The summed E-state index contributed by atoms with van der Waals surface area (Å²) in [6.45, 7) is 10.1. The van der Waals surface area contributed by atoms with Crippen LogP contribution in [0, 0.1) is 0 Å². The molecule has 0 radical (unpaired) electrons. The van der Waals surface area contributed by atoms with E-state index in [1.807, 2.05) is 17.4 Å². The highest BCUT2D eigenvalue weighted by molar-refractivity contribution is 14.0. The molecule has 2 N–H and O–H groups in total. The highest BCUT2D eigenvalue weighted by atomic mass is 127. The van der Waals surface area contributed by atoms with Crippen LogP contribution in [0.2, 0.25) is 0 Å². The average molecular weight is 544 g/mol. The number of rotatable bonds is 8. The number of aliphatic imine (C=N–C) groups is 1. The van der Waals surface area contributed by atoms with E-state index in [0.717, 1.165) is 57.5 Å². The normalized spacial score (nSPS) is 18.6. The minimum Gasteiger partial charge on any atom is -0.468 e. The van der Waals surface area contributed by atoms with E-state index in [4.69, 9.17) is 9.41 Å². The van der Waals surface area contributed by atoms with Crippen molar-refractivity contribution in [3.63, 3.8) is 0 Å². The molecule has 4 heterocycles. The Morgan fingerprint density at radius 1 is 1.23 bits per heavy atom. The second-order valence-electron chi connectivity index (χ2n) is 7.82. The van der Waals surface area contributed by atoms with Gasteiger partial charge in [-0.3, -0.25) is 14.8 Å². The molecule has 6 nitrogen and oxygen atoms in total. The maximum atomic E-state index is 5.73. The van der Waals surface area contributed by atoms with Crippen LogP contribution in [0.1, 0.15) is 42.0 Å². The Morgan fingerprint density at radius 2 is 2.10 bits per heavy atom. The van der Waals surface area contributed by atoms with Gasteiger partial charge in [0.2, 0.25) is 0 Å². The van der Waals surface area contributed by atoms with Crippen LogP contribution in [0.15, 0.2) is 39.3 Å². The maximum Gasteiger partial charge on any atom is 0.191 e. The van der Waals surface area contributed by atoms with E-state index in [1.165, 1.54) is 24.8 Å². The van der Waals surface area contributed by atoms with Crippen molar-refractivity contribution in [2.45, 2.75) is 38.8 Å². The fourth-order valence-corrected chi connectivity index (χ4v) is 5.16. The highest BCUT2D eigenvalue weighted by Gasteiger charge is 2.25. The molecule has 8 heteroatoms. The number of thiophene rings is 1. The number of halogens is 1. The largest absolute Gasteiger partial charge is 0.468 e. The standard InChI is InChI=1S/C22H33N5OS.HI/c1-2-23-22(24-9-13-26-12-7-21-18(17-26)8-15-29-21)25-16-19(20-6-5-14-28-20)27-10-3-4-11-27;/h5-6,8,14-15,19H,2-4,7,9-13,16-17H2,1H3,(H2,23,24,25);1H. The molecule has 2 aromatic heterocycles. The van der Waals surface area contributed by atoms with Gasteiger partial charge in [-0.2, -0.15) is 0 Å². The van der Waals surface area contributed by atoms with Crippen molar-refractivity contribution in [2.24, 2.45) is 4.99 Å². The van der Waals surface area contributed by atoms with Gasteiger partial charge in [0.1, 0.15) is 5.76 Å². The van der Waals surface area contributed by atoms with Crippen molar-refractivity contribution >= 4 is 41.3 Å². The van der Waals surface area contributed by atoms with E-state index in [-0.39, 0.29) is 30.0 Å². The highest BCUT2D eigenvalue weighted by Crippen LogP contribution is 2.26. The molecule has 2 aliphatic rings. The van der Waals surface area contributed by atoms with Gasteiger partial charge in [-0.15, -0.1) is 35.3 Å². The van der Waals surface area contributed by atoms with E-state index < -0.39 is 0 Å². The molecule has 0 saturated carbocycles. The summed E-state index contributed by atoms with van der Waals surface area (Å²) < 4.78 is 5.73. The summed E-state index contributed by atoms with van der Waals surface area (Å²) in [5, 5.41) is 9.14. The quantitative estimate of drug-likeness (QED) is 0.302. The first-order valence-electron chi connectivity index (χ1n) is 10.9. The zero-order chi connectivity index (χ0) is 19.9. The molecule has 0 amide bonds. The Morgan fingerprint density at radius 3 is 2.87 bits per heavy atom. The molecule has 1 unspecified atom stereocenters. The van der Waals surface area contributed by atoms with Crippen molar-refractivity contribution in [1.82, 2.24) is 20.4 Å². The molecule has 1 atom stereocenters. The first kappa shape index (κ1) is 23.6. The Balaban J connectivity index is 0.00000256. The van der Waals surface area contributed by atoms with Gasteiger partial charge in [0, 0.05) is 37.6 Å². The second-order valence-corrected chi connectivity index (χ2v) is 8.82. The van der Waals surface area contributed by atoms with Crippen molar-refractivity contribution in [3.8, 4) is 0 Å². The zero-order valence-corrected chi connectivity index (χ0v) is 21.0. The smallest absolute Gasteiger partial charge is 0.191 e. The van der Waals surface area contributed by atoms with E-state index in [0.29, 0.717) is 6.54 Å². The molecule has 0 bridgehead atoms. The van der Waals surface area contributed by atoms with Gasteiger partial charge in [0.15, 0.2) is 5.96 Å². The second kappa shape index (κ2) is 12.1. The molecule has 166 valence electrons. The molecule has 4 rings (SSSR count). The number of likely N-dealkylation sites (tertiary alicyclic amines) is 1. The van der Waals surface area contributed by atoms with Gasteiger partial charge in [-0.25, -0.2) is 0 Å². The molecule has 0 aromatic carbocycles. The first-order chi connectivity index (χ1) is 14.3. The topological polar surface area (TPSA) is 56.0 Å². The summed E-state index contributed by atoms with van der Waals surface area (Å²) in [6, 6.07) is 6.55. The summed E-state index contributed by atoms with van der Waals surface area (Å²) in [6.07, 6.45) is 5.48. The molecule has 1 saturated heterocycles. The van der Waals surface area contributed by atoms with E-state index in [2.05, 4.69) is 44.9 Å². The number of nitrogens with zero attached hydrogens (tertiary/aromatic N) is 3. The Bertz CT molecular complexity index is 772. The maximum absolute atomic E-state index is 5.73. The molecule has 0 aliphatic carbocycles. The third-order valence-corrected chi connectivity index (χ3v) is 6.85. The average Bonchev–Trinajstić information content (AvgIpc) is 3.50. The molecule has 2 aromatic rings. The number of hydrogen-bond donors (Lipinski definition) is 2. The number of guanidine groups is 1. The number of nitrogens with one attached hydrogen (secondary N) is 2. The lowest BCUT2D eigenvalue weighted by atomic mass is 10.1. The van der Waals surface area contributed by atoms with Crippen molar-refractivity contribution < 1.29 is 4.42 Å². The number of hydrogen-bond acceptors (Lipinski definition) is 5. The third kappa shape index (κ3) is 6.21. The van der Waals surface area contributed by atoms with Gasteiger partial charge in [0.25, 0.3) is 0 Å². The van der Waals surface area contributed by atoms with E-state index >= 15 is 0 Å². The predicted octanol–water partition coefficient (Wildman–Crippen LogP) is 3.71. The monoisotopic (exact) mass is 543 g/mol.